The van der Waals surface area contributed by atoms with Crippen molar-refractivity contribution in [2.24, 2.45) is 0 Å². The van der Waals surface area contributed by atoms with Gasteiger partial charge in [-0.2, -0.15) is 5.10 Å². The van der Waals surface area contributed by atoms with Gasteiger partial charge in [0, 0.05) is 6.07 Å². The van der Waals surface area contributed by atoms with Crippen LogP contribution in [0.2, 0.25) is 5.15 Å². The molecule has 0 fully saturated rings. The van der Waals surface area contributed by atoms with Crippen LogP contribution in [0.15, 0.2) is 24.3 Å². The number of nitrogens with zero attached hydrogens (tertiary/aromatic N) is 2. The molecule has 100 valence electrons. The van der Waals surface area contributed by atoms with Crippen LogP contribution in [0.25, 0.3) is 5.69 Å². The maximum absolute atomic E-state index is 11.1. The molecule has 2 rings (SSSR count). The van der Waals surface area contributed by atoms with Crippen LogP contribution in [-0.2, 0) is 6.42 Å². The van der Waals surface area contributed by atoms with E-state index in [0.29, 0.717) is 16.5 Å². The van der Waals surface area contributed by atoms with Crippen LogP contribution in [0, 0.1) is 0 Å². The van der Waals surface area contributed by atoms with E-state index >= 15 is 0 Å². The number of halogens is 1. The van der Waals surface area contributed by atoms with Crippen molar-refractivity contribution in [2.75, 3.05) is 7.11 Å². The van der Waals surface area contributed by atoms with Crippen LogP contribution in [0.5, 0.6) is 5.75 Å². The Morgan fingerprint density at radius 2 is 2.26 bits per heavy atom. The van der Waals surface area contributed by atoms with E-state index < -0.39 is 0 Å². The van der Waals surface area contributed by atoms with Gasteiger partial charge in [0.2, 0.25) is 0 Å². The van der Waals surface area contributed by atoms with Crippen LogP contribution in [0.3, 0.4) is 0 Å². The third-order valence-corrected chi connectivity index (χ3v) is 3.21. The molecule has 0 radical (unpaired) electrons. The maximum atomic E-state index is 11.1. The molecule has 0 aliphatic heterocycles. The van der Waals surface area contributed by atoms with E-state index in [1.807, 2.05) is 31.2 Å². The van der Waals surface area contributed by atoms with Gasteiger partial charge < -0.3 is 4.74 Å². The Bertz CT molecular complexity index is 593. The average Bonchev–Trinajstić information content (AvgIpc) is 2.75. The van der Waals surface area contributed by atoms with Gasteiger partial charge in [-0.15, -0.1) is 0 Å². The summed E-state index contributed by atoms with van der Waals surface area (Å²) in [6, 6.07) is 7.38. The molecule has 0 saturated carbocycles. The second-order valence-corrected chi connectivity index (χ2v) is 4.49. The molecule has 1 heterocycles. The number of benzene rings is 1. The van der Waals surface area contributed by atoms with E-state index in [0.717, 1.165) is 30.5 Å². The molecule has 0 N–H and O–H groups in total. The zero-order chi connectivity index (χ0) is 13.8. The molecule has 1 aromatic heterocycles. The number of aromatic nitrogens is 2. The van der Waals surface area contributed by atoms with Crippen molar-refractivity contribution in [1.29, 1.82) is 0 Å². The first-order valence-electron chi connectivity index (χ1n) is 6.08. The van der Waals surface area contributed by atoms with Crippen molar-refractivity contribution in [1.82, 2.24) is 9.78 Å². The Morgan fingerprint density at radius 3 is 2.89 bits per heavy atom. The van der Waals surface area contributed by atoms with Crippen molar-refractivity contribution < 1.29 is 9.53 Å². The van der Waals surface area contributed by atoms with Crippen molar-refractivity contribution in [3.05, 3.63) is 40.7 Å². The number of carbonyl (C=O) groups excluding carboxylic acids is 1. The number of hydrogen-bond donors (Lipinski definition) is 0. The van der Waals surface area contributed by atoms with Gasteiger partial charge in [-0.1, -0.05) is 31.0 Å². The van der Waals surface area contributed by atoms with Gasteiger partial charge in [-0.05, 0) is 18.6 Å². The molecule has 0 aliphatic carbocycles. The summed E-state index contributed by atoms with van der Waals surface area (Å²) in [5.41, 5.74) is 1.96. The topological polar surface area (TPSA) is 44.1 Å². The standard InChI is InChI=1S/C14H15ClN2O2/c1-3-5-13-12(9-18)14(15)17(16-13)10-6-4-7-11(8-10)19-2/h4,6-9H,3,5H2,1-2H3. The lowest BCUT2D eigenvalue weighted by Gasteiger charge is -2.05. The van der Waals surface area contributed by atoms with Crippen LogP contribution >= 0.6 is 11.6 Å². The molecular weight excluding hydrogens is 264 g/mol. The molecular formula is C14H15ClN2O2. The normalized spacial score (nSPS) is 10.5. The Morgan fingerprint density at radius 1 is 1.47 bits per heavy atom. The minimum absolute atomic E-state index is 0.340. The highest BCUT2D eigenvalue weighted by Crippen LogP contribution is 2.25. The highest BCUT2D eigenvalue weighted by Gasteiger charge is 2.16. The predicted octanol–water partition coefficient (Wildman–Crippen LogP) is 3.30. The molecule has 5 heteroatoms. The Labute approximate surface area is 116 Å². The van der Waals surface area contributed by atoms with Gasteiger partial charge in [-0.3, -0.25) is 4.79 Å². The second kappa shape index (κ2) is 5.89. The smallest absolute Gasteiger partial charge is 0.155 e. The molecule has 2 aromatic rings. The van der Waals surface area contributed by atoms with E-state index in [9.17, 15) is 4.79 Å². The zero-order valence-corrected chi connectivity index (χ0v) is 11.6. The fourth-order valence-electron chi connectivity index (χ4n) is 1.90. The SMILES string of the molecule is CCCc1nn(-c2cccc(OC)c2)c(Cl)c1C=O. The van der Waals surface area contributed by atoms with E-state index in [1.165, 1.54) is 0 Å². The Kier molecular flexibility index (Phi) is 4.22. The number of aryl methyl sites for hydroxylation is 1. The fraction of sp³-hybridized carbons (Fsp3) is 0.286. The summed E-state index contributed by atoms with van der Waals surface area (Å²) in [5, 5.41) is 4.75. The summed E-state index contributed by atoms with van der Waals surface area (Å²) in [5.74, 6) is 0.716. The number of carbonyl (C=O) groups is 1. The Hall–Kier alpha value is -1.81. The molecule has 0 saturated heterocycles. The quantitative estimate of drug-likeness (QED) is 0.788. The highest BCUT2D eigenvalue weighted by molar-refractivity contribution is 6.32. The number of aldehydes is 1. The number of rotatable bonds is 5. The minimum atomic E-state index is 0.340. The van der Waals surface area contributed by atoms with Crippen molar-refractivity contribution in [3.8, 4) is 11.4 Å². The molecule has 0 bridgehead atoms. The number of hydrogen-bond acceptors (Lipinski definition) is 3. The average molecular weight is 279 g/mol. The lowest BCUT2D eigenvalue weighted by Crippen LogP contribution is -1.98. The first-order chi connectivity index (χ1) is 9.21. The summed E-state index contributed by atoms with van der Waals surface area (Å²) >= 11 is 6.22. The maximum Gasteiger partial charge on any atom is 0.155 e. The van der Waals surface area contributed by atoms with Crippen molar-refractivity contribution >= 4 is 17.9 Å². The number of methoxy groups -OCH3 is 1. The van der Waals surface area contributed by atoms with E-state index in [-0.39, 0.29) is 0 Å². The van der Waals surface area contributed by atoms with Crippen LogP contribution in [0.4, 0.5) is 0 Å². The van der Waals surface area contributed by atoms with E-state index in [4.69, 9.17) is 16.3 Å². The first kappa shape index (κ1) is 13.6. The molecule has 0 aliphatic rings. The Balaban J connectivity index is 2.52. The van der Waals surface area contributed by atoms with Crippen LogP contribution < -0.4 is 4.74 Å². The lowest BCUT2D eigenvalue weighted by molar-refractivity contribution is 0.112. The third-order valence-electron chi connectivity index (χ3n) is 2.84. The predicted molar refractivity (Wildman–Crippen MR) is 74.5 cm³/mol. The lowest BCUT2D eigenvalue weighted by atomic mass is 10.2. The van der Waals surface area contributed by atoms with Crippen LogP contribution in [0.1, 0.15) is 29.4 Å². The van der Waals surface area contributed by atoms with Crippen molar-refractivity contribution in [2.45, 2.75) is 19.8 Å². The molecule has 0 spiro atoms. The summed E-state index contributed by atoms with van der Waals surface area (Å²) in [6.07, 6.45) is 2.40. The second-order valence-electron chi connectivity index (χ2n) is 4.13. The molecule has 4 nitrogen and oxygen atoms in total. The van der Waals surface area contributed by atoms with Crippen molar-refractivity contribution in [3.63, 3.8) is 0 Å². The summed E-state index contributed by atoms with van der Waals surface area (Å²) in [6.45, 7) is 2.03. The largest absolute Gasteiger partial charge is 0.497 e. The van der Waals surface area contributed by atoms with E-state index in [1.54, 1.807) is 11.8 Å². The van der Waals surface area contributed by atoms with Gasteiger partial charge in [-0.25, -0.2) is 4.68 Å². The minimum Gasteiger partial charge on any atom is -0.497 e. The van der Waals surface area contributed by atoms with Gasteiger partial charge in [0.1, 0.15) is 10.9 Å². The summed E-state index contributed by atoms with van der Waals surface area (Å²) in [4.78, 5) is 11.1. The molecule has 19 heavy (non-hydrogen) atoms. The van der Waals surface area contributed by atoms with Crippen LogP contribution in [-0.4, -0.2) is 23.2 Å². The monoisotopic (exact) mass is 278 g/mol. The summed E-state index contributed by atoms with van der Waals surface area (Å²) in [7, 11) is 1.60. The molecule has 0 amide bonds. The van der Waals surface area contributed by atoms with E-state index in [2.05, 4.69) is 5.10 Å². The van der Waals surface area contributed by atoms with Gasteiger partial charge >= 0.3 is 0 Å². The van der Waals surface area contributed by atoms with Gasteiger partial charge in [0.05, 0.1) is 24.1 Å². The third kappa shape index (κ3) is 2.63. The first-order valence-corrected chi connectivity index (χ1v) is 6.46. The summed E-state index contributed by atoms with van der Waals surface area (Å²) < 4.78 is 6.74. The van der Waals surface area contributed by atoms with Gasteiger partial charge in [0.25, 0.3) is 0 Å². The number of ether oxygens (including phenoxy) is 1. The zero-order valence-electron chi connectivity index (χ0n) is 10.9. The fourth-order valence-corrected chi connectivity index (χ4v) is 2.19. The molecule has 0 atom stereocenters. The molecule has 0 unspecified atom stereocenters. The highest BCUT2D eigenvalue weighted by atomic mass is 35.5. The van der Waals surface area contributed by atoms with Gasteiger partial charge in [0.15, 0.2) is 6.29 Å². The molecule has 1 aromatic carbocycles.